The first kappa shape index (κ1) is 10.4. The van der Waals surface area contributed by atoms with Crippen LogP contribution in [0, 0.1) is 5.92 Å². The van der Waals surface area contributed by atoms with Crippen LogP contribution in [0.3, 0.4) is 0 Å². The zero-order valence-corrected chi connectivity index (χ0v) is 9.17. The van der Waals surface area contributed by atoms with Gasteiger partial charge in [0.2, 0.25) is 0 Å². The minimum absolute atomic E-state index is 0.769. The molecule has 0 aromatic carbocycles. The molecule has 0 bridgehead atoms. The Bertz CT molecular complexity index is 161. The van der Waals surface area contributed by atoms with Gasteiger partial charge in [-0.3, -0.25) is 4.90 Å². The fourth-order valence-electron chi connectivity index (χ4n) is 2.66. The summed E-state index contributed by atoms with van der Waals surface area (Å²) in [5.74, 6) is 0.908. The third-order valence-corrected chi connectivity index (χ3v) is 3.43. The zero-order valence-electron chi connectivity index (χ0n) is 9.17. The predicted octanol–water partition coefficient (Wildman–Crippen LogP) is 0.707. The summed E-state index contributed by atoms with van der Waals surface area (Å²) in [4.78, 5) is 2.54. The van der Waals surface area contributed by atoms with Crippen LogP contribution in [0.4, 0.5) is 0 Å². The molecule has 0 amide bonds. The normalized spacial score (nSPS) is 33.2. The molecule has 0 radical (unpaired) electrons. The summed E-state index contributed by atoms with van der Waals surface area (Å²) in [6.07, 6.45) is 2.78. The summed E-state index contributed by atoms with van der Waals surface area (Å²) in [5.41, 5.74) is 0. The van der Waals surface area contributed by atoms with Gasteiger partial charge in [0.1, 0.15) is 0 Å². The quantitative estimate of drug-likeness (QED) is 0.673. The molecule has 3 nitrogen and oxygen atoms in total. The van der Waals surface area contributed by atoms with E-state index in [2.05, 4.69) is 17.1 Å². The fourth-order valence-corrected chi connectivity index (χ4v) is 2.66. The summed E-state index contributed by atoms with van der Waals surface area (Å²) in [5, 5.41) is 3.62. The number of hydrogen-bond acceptors (Lipinski definition) is 3. The minimum Gasteiger partial charge on any atom is -0.380 e. The van der Waals surface area contributed by atoms with Crippen LogP contribution in [0.5, 0.6) is 0 Å². The van der Waals surface area contributed by atoms with E-state index in [1.807, 2.05) is 0 Å². The summed E-state index contributed by atoms with van der Waals surface area (Å²) in [6.45, 7) is 8.66. The van der Waals surface area contributed by atoms with Gasteiger partial charge in [-0.1, -0.05) is 0 Å². The van der Waals surface area contributed by atoms with Crippen LogP contribution in [0.1, 0.15) is 19.8 Å². The maximum absolute atomic E-state index is 5.39. The van der Waals surface area contributed by atoms with E-state index in [1.165, 1.54) is 32.5 Å². The molecule has 2 atom stereocenters. The molecule has 1 N–H and O–H groups in total. The highest BCUT2D eigenvalue weighted by atomic mass is 16.5. The fraction of sp³-hybridized carbons (Fsp3) is 1.00. The van der Waals surface area contributed by atoms with Crippen molar-refractivity contribution < 1.29 is 4.74 Å². The Hall–Kier alpha value is -0.120. The van der Waals surface area contributed by atoms with Crippen LogP contribution in [0.2, 0.25) is 0 Å². The topological polar surface area (TPSA) is 24.5 Å². The van der Waals surface area contributed by atoms with Gasteiger partial charge >= 0.3 is 0 Å². The molecule has 82 valence electrons. The molecule has 0 aromatic heterocycles. The predicted molar refractivity (Wildman–Crippen MR) is 57.4 cm³/mol. The van der Waals surface area contributed by atoms with Crippen LogP contribution in [0.15, 0.2) is 0 Å². The molecule has 0 saturated carbocycles. The Kier molecular flexibility index (Phi) is 3.79. The lowest BCUT2D eigenvalue weighted by atomic mass is 9.94. The Balaban J connectivity index is 1.70. The molecule has 2 heterocycles. The molecule has 0 spiro atoms. The molecular formula is C11H22N2O. The van der Waals surface area contributed by atoms with E-state index in [0.29, 0.717) is 0 Å². The van der Waals surface area contributed by atoms with Crippen molar-refractivity contribution in [2.75, 3.05) is 39.4 Å². The van der Waals surface area contributed by atoms with Gasteiger partial charge in [0.25, 0.3) is 0 Å². The molecule has 2 unspecified atom stereocenters. The second-order valence-corrected chi connectivity index (χ2v) is 4.42. The average molecular weight is 198 g/mol. The van der Waals surface area contributed by atoms with E-state index in [4.69, 9.17) is 4.74 Å². The number of piperidine rings is 1. The second kappa shape index (κ2) is 5.10. The Labute approximate surface area is 86.8 Å². The number of hydrogen-bond donors (Lipinski definition) is 1. The second-order valence-electron chi connectivity index (χ2n) is 4.42. The van der Waals surface area contributed by atoms with E-state index in [0.717, 1.165) is 31.7 Å². The van der Waals surface area contributed by atoms with Crippen molar-refractivity contribution >= 4 is 0 Å². The minimum atomic E-state index is 0.769. The number of likely N-dealkylation sites (tertiary alicyclic amines) is 1. The highest BCUT2D eigenvalue weighted by molar-refractivity contribution is 4.91. The van der Waals surface area contributed by atoms with Gasteiger partial charge in [-0.05, 0) is 32.2 Å². The SMILES string of the molecule is CCOCCN1CC2CCCNC2C1. The van der Waals surface area contributed by atoms with Gasteiger partial charge in [-0.25, -0.2) is 0 Å². The monoisotopic (exact) mass is 198 g/mol. The Morgan fingerprint density at radius 3 is 3.14 bits per heavy atom. The van der Waals surface area contributed by atoms with Crippen molar-refractivity contribution in [1.82, 2.24) is 10.2 Å². The highest BCUT2D eigenvalue weighted by Gasteiger charge is 2.33. The lowest BCUT2D eigenvalue weighted by Crippen LogP contribution is -2.40. The van der Waals surface area contributed by atoms with Crippen molar-refractivity contribution in [2.45, 2.75) is 25.8 Å². The molecule has 2 aliphatic rings. The molecule has 2 fully saturated rings. The average Bonchev–Trinajstić information content (AvgIpc) is 2.60. The van der Waals surface area contributed by atoms with Gasteiger partial charge in [-0.15, -0.1) is 0 Å². The lowest BCUT2D eigenvalue weighted by molar-refractivity contribution is 0.120. The third-order valence-electron chi connectivity index (χ3n) is 3.43. The van der Waals surface area contributed by atoms with Crippen LogP contribution in [-0.4, -0.2) is 50.3 Å². The smallest absolute Gasteiger partial charge is 0.0593 e. The maximum Gasteiger partial charge on any atom is 0.0593 e. The first-order chi connectivity index (χ1) is 6.90. The van der Waals surface area contributed by atoms with E-state index in [9.17, 15) is 0 Å². The van der Waals surface area contributed by atoms with E-state index in [1.54, 1.807) is 0 Å². The van der Waals surface area contributed by atoms with E-state index in [-0.39, 0.29) is 0 Å². The number of ether oxygens (including phenoxy) is 1. The number of fused-ring (bicyclic) bond motifs is 1. The van der Waals surface area contributed by atoms with Crippen molar-refractivity contribution in [3.05, 3.63) is 0 Å². The molecule has 3 heteroatoms. The van der Waals surface area contributed by atoms with Crippen LogP contribution < -0.4 is 5.32 Å². The lowest BCUT2D eigenvalue weighted by Gasteiger charge is -2.24. The van der Waals surface area contributed by atoms with E-state index >= 15 is 0 Å². The Morgan fingerprint density at radius 1 is 1.43 bits per heavy atom. The van der Waals surface area contributed by atoms with Crippen LogP contribution in [0.25, 0.3) is 0 Å². The van der Waals surface area contributed by atoms with Crippen molar-refractivity contribution in [3.63, 3.8) is 0 Å². The van der Waals surface area contributed by atoms with Gasteiger partial charge in [0.05, 0.1) is 6.61 Å². The molecule has 0 aliphatic carbocycles. The van der Waals surface area contributed by atoms with Crippen molar-refractivity contribution in [2.24, 2.45) is 5.92 Å². The first-order valence-electron chi connectivity index (χ1n) is 5.93. The van der Waals surface area contributed by atoms with Crippen LogP contribution >= 0.6 is 0 Å². The first-order valence-corrected chi connectivity index (χ1v) is 5.93. The molecule has 14 heavy (non-hydrogen) atoms. The van der Waals surface area contributed by atoms with Gasteiger partial charge in [-0.2, -0.15) is 0 Å². The van der Waals surface area contributed by atoms with Gasteiger partial charge < -0.3 is 10.1 Å². The van der Waals surface area contributed by atoms with Crippen molar-refractivity contribution in [1.29, 1.82) is 0 Å². The summed E-state index contributed by atoms with van der Waals surface area (Å²) in [6, 6.07) is 0.769. The summed E-state index contributed by atoms with van der Waals surface area (Å²) < 4.78 is 5.39. The molecule has 2 rings (SSSR count). The largest absolute Gasteiger partial charge is 0.380 e. The van der Waals surface area contributed by atoms with Gasteiger partial charge in [0, 0.05) is 32.3 Å². The maximum atomic E-state index is 5.39. The molecule has 2 saturated heterocycles. The number of nitrogens with one attached hydrogen (secondary N) is 1. The number of nitrogens with zero attached hydrogens (tertiary/aromatic N) is 1. The molecule has 0 aromatic rings. The van der Waals surface area contributed by atoms with Crippen LogP contribution in [-0.2, 0) is 4.74 Å². The summed E-state index contributed by atoms with van der Waals surface area (Å²) >= 11 is 0. The third kappa shape index (κ3) is 2.47. The number of rotatable bonds is 4. The standard InChI is InChI=1S/C11H22N2O/c1-2-14-7-6-13-8-10-4-3-5-12-11(10)9-13/h10-12H,2-9H2,1H3. The molecular weight excluding hydrogens is 176 g/mol. The highest BCUT2D eigenvalue weighted by Crippen LogP contribution is 2.24. The molecule has 2 aliphatic heterocycles. The van der Waals surface area contributed by atoms with E-state index < -0.39 is 0 Å². The van der Waals surface area contributed by atoms with Gasteiger partial charge in [0.15, 0.2) is 0 Å². The summed E-state index contributed by atoms with van der Waals surface area (Å²) in [7, 11) is 0. The van der Waals surface area contributed by atoms with Crippen molar-refractivity contribution in [3.8, 4) is 0 Å². The zero-order chi connectivity index (χ0) is 9.80. The Morgan fingerprint density at radius 2 is 2.36 bits per heavy atom.